The van der Waals surface area contributed by atoms with Crippen LogP contribution in [0, 0.1) is 0 Å². The fraction of sp³-hybridized carbons (Fsp3) is 0.625. The van der Waals surface area contributed by atoms with E-state index in [1.807, 2.05) is 16.9 Å². The van der Waals surface area contributed by atoms with Crippen LogP contribution in [-0.2, 0) is 0 Å². The average Bonchev–Trinajstić information content (AvgIpc) is 3.02. The van der Waals surface area contributed by atoms with Gasteiger partial charge in [-0.25, -0.2) is 9.50 Å². The maximum atomic E-state index is 4.67. The second kappa shape index (κ2) is 4.98. The molecule has 0 radical (unpaired) electrons. The molecule has 2 bridgehead atoms. The normalized spacial score (nSPS) is 25.8. The molecule has 1 N–H and O–H groups in total. The first-order chi connectivity index (χ1) is 10.2. The Labute approximate surface area is 125 Å². The maximum absolute atomic E-state index is 4.67. The van der Waals surface area contributed by atoms with Gasteiger partial charge in [0.2, 0.25) is 0 Å². The number of hydrogen-bond acceptors (Lipinski definition) is 4. The minimum absolute atomic E-state index is 0.444. The van der Waals surface area contributed by atoms with Crippen molar-refractivity contribution in [2.45, 2.75) is 51.1 Å². The van der Waals surface area contributed by atoms with Crippen molar-refractivity contribution in [3.05, 3.63) is 24.2 Å². The van der Waals surface area contributed by atoms with Crippen molar-refractivity contribution in [3.63, 3.8) is 0 Å². The van der Waals surface area contributed by atoms with Gasteiger partial charge in [0.25, 0.3) is 0 Å². The van der Waals surface area contributed by atoms with Crippen molar-refractivity contribution in [2.75, 3.05) is 18.0 Å². The van der Waals surface area contributed by atoms with Gasteiger partial charge >= 0.3 is 0 Å². The van der Waals surface area contributed by atoms with Crippen molar-refractivity contribution in [2.24, 2.45) is 0 Å². The number of nitrogens with one attached hydrogen (secondary N) is 1. The van der Waals surface area contributed by atoms with Gasteiger partial charge in [0.1, 0.15) is 5.52 Å². The van der Waals surface area contributed by atoms with Crippen LogP contribution in [0.1, 0.15) is 44.7 Å². The van der Waals surface area contributed by atoms with Crippen molar-refractivity contribution < 1.29 is 0 Å². The molecule has 2 atom stereocenters. The molecule has 5 heteroatoms. The first kappa shape index (κ1) is 13.1. The second-order valence-corrected chi connectivity index (χ2v) is 6.68. The summed E-state index contributed by atoms with van der Waals surface area (Å²) in [5, 5.41) is 8.41. The zero-order valence-corrected chi connectivity index (χ0v) is 12.8. The van der Waals surface area contributed by atoms with E-state index < -0.39 is 0 Å². The van der Waals surface area contributed by atoms with E-state index in [2.05, 4.69) is 40.2 Å². The predicted octanol–water partition coefficient (Wildman–Crippen LogP) is 2.18. The Morgan fingerprint density at radius 1 is 1.24 bits per heavy atom. The highest BCUT2D eigenvalue weighted by molar-refractivity contribution is 5.69. The fourth-order valence-electron chi connectivity index (χ4n) is 3.59. The molecule has 4 heterocycles. The molecule has 112 valence electrons. The highest BCUT2D eigenvalue weighted by atomic mass is 15.3. The number of aromatic nitrogens is 3. The molecule has 0 aliphatic carbocycles. The Balaban J connectivity index is 1.72. The molecule has 2 aliphatic heterocycles. The smallest absolute Gasteiger partial charge is 0.154 e. The van der Waals surface area contributed by atoms with E-state index in [0.717, 1.165) is 30.1 Å². The van der Waals surface area contributed by atoms with Gasteiger partial charge in [0, 0.05) is 37.6 Å². The Morgan fingerprint density at radius 2 is 2.10 bits per heavy atom. The highest BCUT2D eigenvalue weighted by Gasteiger charge is 2.30. The quantitative estimate of drug-likeness (QED) is 0.918. The van der Waals surface area contributed by atoms with Crippen LogP contribution in [0.4, 0.5) is 5.82 Å². The van der Waals surface area contributed by atoms with Gasteiger partial charge in [0.05, 0.1) is 5.69 Å². The van der Waals surface area contributed by atoms with E-state index in [1.54, 1.807) is 0 Å². The van der Waals surface area contributed by atoms with Crippen LogP contribution in [0.3, 0.4) is 0 Å². The van der Waals surface area contributed by atoms with Crippen LogP contribution in [0.2, 0.25) is 0 Å². The van der Waals surface area contributed by atoms with Crippen molar-refractivity contribution in [1.82, 2.24) is 19.9 Å². The third-order valence-electron chi connectivity index (χ3n) is 4.80. The van der Waals surface area contributed by atoms with E-state index >= 15 is 0 Å². The third kappa shape index (κ3) is 2.29. The van der Waals surface area contributed by atoms with Crippen molar-refractivity contribution in [1.29, 1.82) is 0 Å². The fourth-order valence-corrected chi connectivity index (χ4v) is 3.59. The first-order valence-corrected chi connectivity index (χ1v) is 8.06. The Kier molecular flexibility index (Phi) is 3.10. The number of fused-ring (bicyclic) bond motifs is 3. The van der Waals surface area contributed by atoms with Crippen LogP contribution < -0.4 is 10.2 Å². The molecule has 2 aromatic heterocycles. The van der Waals surface area contributed by atoms with Crippen molar-refractivity contribution in [3.8, 4) is 0 Å². The van der Waals surface area contributed by atoms with Gasteiger partial charge in [-0.05, 0) is 31.2 Å². The Bertz CT molecular complexity index is 647. The third-order valence-corrected chi connectivity index (χ3v) is 4.80. The average molecular weight is 285 g/mol. The van der Waals surface area contributed by atoms with Gasteiger partial charge in [-0.1, -0.05) is 13.8 Å². The number of rotatable bonds is 2. The summed E-state index contributed by atoms with van der Waals surface area (Å²) in [6, 6.07) is 3.52. The molecule has 0 saturated carbocycles. The molecule has 0 spiro atoms. The SMILES string of the molecule is CC(C)c1cc2c(N3CCC4CCC(C3)N4)nccn2n1. The summed E-state index contributed by atoms with van der Waals surface area (Å²) in [6.07, 6.45) is 7.66. The second-order valence-electron chi connectivity index (χ2n) is 6.68. The summed E-state index contributed by atoms with van der Waals surface area (Å²) in [6.45, 7) is 6.52. The lowest BCUT2D eigenvalue weighted by atomic mass is 10.1. The summed E-state index contributed by atoms with van der Waals surface area (Å²) in [4.78, 5) is 7.11. The van der Waals surface area contributed by atoms with Gasteiger partial charge in [-0.2, -0.15) is 5.10 Å². The van der Waals surface area contributed by atoms with Gasteiger partial charge in [-0.3, -0.25) is 0 Å². The molecule has 0 amide bonds. The molecule has 5 nitrogen and oxygen atoms in total. The Morgan fingerprint density at radius 3 is 2.95 bits per heavy atom. The molecule has 0 aromatic carbocycles. The van der Waals surface area contributed by atoms with E-state index in [4.69, 9.17) is 0 Å². The maximum Gasteiger partial charge on any atom is 0.154 e. The summed E-state index contributed by atoms with van der Waals surface area (Å²) in [7, 11) is 0. The van der Waals surface area contributed by atoms with E-state index in [1.165, 1.54) is 19.3 Å². The number of anilines is 1. The molecule has 2 unspecified atom stereocenters. The van der Waals surface area contributed by atoms with Crippen molar-refractivity contribution >= 4 is 11.3 Å². The Hall–Kier alpha value is -1.62. The molecular formula is C16H23N5. The van der Waals surface area contributed by atoms with Crippen LogP contribution in [-0.4, -0.2) is 39.8 Å². The lowest BCUT2D eigenvalue weighted by Crippen LogP contribution is -2.35. The minimum Gasteiger partial charge on any atom is -0.353 e. The van der Waals surface area contributed by atoms with Gasteiger partial charge < -0.3 is 10.2 Å². The number of hydrogen-bond donors (Lipinski definition) is 1. The van der Waals surface area contributed by atoms with E-state index in [0.29, 0.717) is 18.0 Å². The lowest BCUT2D eigenvalue weighted by molar-refractivity contribution is 0.563. The van der Waals surface area contributed by atoms with E-state index in [-0.39, 0.29) is 0 Å². The van der Waals surface area contributed by atoms with Crippen LogP contribution in [0.5, 0.6) is 0 Å². The molecule has 2 aromatic rings. The topological polar surface area (TPSA) is 45.5 Å². The van der Waals surface area contributed by atoms with Crippen LogP contribution >= 0.6 is 0 Å². The largest absolute Gasteiger partial charge is 0.353 e. The predicted molar refractivity (Wildman–Crippen MR) is 83.9 cm³/mol. The zero-order valence-electron chi connectivity index (χ0n) is 12.8. The molecule has 2 saturated heterocycles. The minimum atomic E-state index is 0.444. The molecular weight excluding hydrogens is 262 g/mol. The summed E-state index contributed by atoms with van der Waals surface area (Å²) in [5.74, 6) is 1.53. The summed E-state index contributed by atoms with van der Waals surface area (Å²) in [5.41, 5.74) is 2.28. The molecule has 2 aliphatic rings. The highest BCUT2D eigenvalue weighted by Crippen LogP contribution is 2.27. The molecule has 4 rings (SSSR count). The van der Waals surface area contributed by atoms with Gasteiger partial charge in [0.15, 0.2) is 5.82 Å². The van der Waals surface area contributed by atoms with Crippen LogP contribution in [0.15, 0.2) is 18.5 Å². The summed E-state index contributed by atoms with van der Waals surface area (Å²) >= 11 is 0. The summed E-state index contributed by atoms with van der Waals surface area (Å²) < 4.78 is 1.98. The first-order valence-electron chi connectivity index (χ1n) is 8.06. The van der Waals surface area contributed by atoms with Crippen LogP contribution in [0.25, 0.3) is 5.52 Å². The molecule has 2 fully saturated rings. The van der Waals surface area contributed by atoms with E-state index in [9.17, 15) is 0 Å². The number of nitrogens with zero attached hydrogens (tertiary/aromatic N) is 4. The van der Waals surface area contributed by atoms with Gasteiger partial charge in [-0.15, -0.1) is 0 Å². The standard InChI is InChI=1S/C16H23N5/c1-11(2)14-9-15-16(17-6-8-21(15)19-14)20-7-5-12-3-4-13(10-20)18-12/h6,8-9,11-13,18H,3-5,7,10H2,1-2H3. The monoisotopic (exact) mass is 285 g/mol. The molecule has 21 heavy (non-hydrogen) atoms. The lowest BCUT2D eigenvalue weighted by Gasteiger charge is -2.25. The zero-order chi connectivity index (χ0) is 14.4.